The predicted molar refractivity (Wildman–Crippen MR) is 79.6 cm³/mol. The molecule has 2 N–H and O–H groups in total. The molecule has 3 nitrogen and oxygen atoms in total. The van der Waals surface area contributed by atoms with Gasteiger partial charge in [0.2, 0.25) is 0 Å². The summed E-state index contributed by atoms with van der Waals surface area (Å²) in [5.41, 5.74) is 8.66. The van der Waals surface area contributed by atoms with Crippen molar-refractivity contribution in [1.82, 2.24) is 0 Å². The van der Waals surface area contributed by atoms with Gasteiger partial charge in [0.05, 0.1) is 11.6 Å². The van der Waals surface area contributed by atoms with Crippen LogP contribution in [0.3, 0.4) is 0 Å². The Bertz CT molecular complexity index is 557. The van der Waals surface area contributed by atoms with Gasteiger partial charge in [0.15, 0.2) is 0 Å². The van der Waals surface area contributed by atoms with Crippen molar-refractivity contribution in [1.29, 1.82) is 0 Å². The van der Waals surface area contributed by atoms with E-state index in [1.54, 1.807) is 7.11 Å². The second-order valence-corrected chi connectivity index (χ2v) is 4.83. The minimum atomic E-state index is 0.756. The summed E-state index contributed by atoms with van der Waals surface area (Å²) in [6.45, 7) is 0. The molecule has 0 saturated carbocycles. The number of halogens is 1. The Kier molecular flexibility index (Phi) is 3.77. The zero-order chi connectivity index (χ0) is 13.1. The smallest absolute Gasteiger partial charge is 0.133 e. The maximum absolute atomic E-state index is 5.79. The Balaban J connectivity index is 2.34. The molecule has 2 aromatic carbocycles. The largest absolute Gasteiger partial charge is 0.496 e. The number of benzene rings is 2. The summed E-state index contributed by atoms with van der Waals surface area (Å²) < 4.78 is 6.15. The first-order valence-corrected chi connectivity index (χ1v) is 6.34. The van der Waals surface area contributed by atoms with Gasteiger partial charge < -0.3 is 15.4 Å². The summed E-state index contributed by atoms with van der Waals surface area (Å²) in [6.07, 6.45) is 0. The molecule has 0 saturated heterocycles. The molecule has 0 fully saturated rings. The fraction of sp³-hybridized carbons (Fsp3) is 0.143. The highest BCUT2D eigenvalue weighted by Gasteiger charge is 2.07. The molecular weight excluding hydrogens is 292 g/mol. The van der Waals surface area contributed by atoms with Crippen LogP contribution in [0.2, 0.25) is 0 Å². The summed E-state index contributed by atoms with van der Waals surface area (Å²) in [5.74, 6) is 0.819. The number of nitrogens with two attached hydrogens (primary N) is 1. The van der Waals surface area contributed by atoms with Crippen LogP contribution in [0, 0.1) is 0 Å². The molecule has 2 rings (SSSR count). The van der Waals surface area contributed by atoms with Crippen LogP contribution >= 0.6 is 15.9 Å². The molecule has 0 atom stereocenters. The van der Waals surface area contributed by atoms with Gasteiger partial charge in [0.25, 0.3) is 0 Å². The minimum absolute atomic E-state index is 0.756. The number of anilines is 3. The Labute approximate surface area is 115 Å². The molecule has 0 unspecified atom stereocenters. The van der Waals surface area contributed by atoms with Crippen molar-refractivity contribution in [3.63, 3.8) is 0 Å². The number of rotatable bonds is 3. The van der Waals surface area contributed by atoms with Gasteiger partial charge in [-0.25, -0.2) is 0 Å². The van der Waals surface area contributed by atoms with E-state index in [1.165, 1.54) is 0 Å². The zero-order valence-corrected chi connectivity index (χ0v) is 11.9. The highest BCUT2D eigenvalue weighted by molar-refractivity contribution is 9.10. The monoisotopic (exact) mass is 306 g/mol. The van der Waals surface area contributed by atoms with Gasteiger partial charge >= 0.3 is 0 Å². The molecule has 0 aliphatic carbocycles. The molecule has 2 aromatic rings. The number of hydrogen-bond acceptors (Lipinski definition) is 3. The molecule has 0 heterocycles. The van der Waals surface area contributed by atoms with E-state index in [9.17, 15) is 0 Å². The predicted octanol–water partition coefficient (Wildman–Crippen LogP) is 3.81. The molecule has 0 amide bonds. The first kappa shape index (κ1) is 12.8. The number of methoxy groups -OCH3 is 1. The maximum atomic E-state index is 5.79. The summed E-state index contributed by atoms with van der Waals surface area (Å²) in [4.78, 5) is 2.07. The van der Waals surface area contributed by atoms with Crippen LogP contribution in [0.15, 0.2) is 46.9 Å². The molecule has 0 aliphatic heterocycles. The van der Waals surface area contributed by atoms with E-state index >= 15 is 0 Å². The average molecular weight is 307 g/mol. The van der Waals surface area contributed by atoms with E-state index in [1.807, 2.05) is 49.5 Å². The van der Waals surface area contributed by atoms with Crippen LogP contribution in [-0.4, -0.2) is 14.2 Å². The molecule has 0 spiro atoms. The number of ether oxygens (including phenoxy) is 1. The molecular formula is C14H15BrN2O. The summed E-state index contributed by atoms with van der Waals surface area (Å²) in [6, 6.07) is 13.7. The highest BCUT2D eigenvalue weighted by Crippen LogP contribution is 2.32. The van der Waals surface area contributed by atoms with Crippen LogP contribution in [0.1, 0.15) is 0 Å². The first-order chi connectivity index (χ1) is 8.61. The summed E-state index contributed by atoms with van der Waals surface area (Å²) in [7, 11) is 3.66. The van der Waals surface area contributed by atoms with Crippen molar-refractivity contribution in [2.45, 2.75) is 0 Å². The van der Waals surface area contributed by atoms with Crippen LogP contribution in [-0.2, 0) is 0 Å². The molecule has 0 aliphatic rings. The van der Waals surface area contributed by atoms with Gasteiger partial charge in [-0.1, -0.05) is 6.07 Å². The number of nitrogens with zero attached hydrogens (tertiary/aromatic N) is 1. The fourth-order valence-corrected chi connectivity index (χ4v) is 2.28. The Morgan fingerprint density at radius 3 is 2.44 bits per heavy atom. The van der Waals surface area contributed by atoms with Crippen molar-refractivity contribution in [3.8, 4) is 5.75 Å². The van der Waals surface area contributed by atoms with Gasteiger partial charge in [0, 0.05) is 24.1 Å². The van der Waals surface area contributed by atoms with Crippen molar-refractivity contribution in [3.05, 3.63) is 46.9 Å². The van der Waals surface area contributed by atoms with E-state index < -0.39 is 0 Å². The van der Waals surface area contributed by atoms with E-state index in [0.29, 0.717) is 0 Å². The maximum Gasteiger partial charge on any atom is 0.133 e. The van der Waals surface area contributed by atoms with Crippen molar-refractivity contribution in [2.75, 3.05) is 24.8 Å². The van der Waals surface area contributed by atoms with Crippen molar-refractivity contribution in [2.24, 2.45) is 0 Å². The first-order valence-electron chi connectivity index (χ1n) is 5.54. The molecule has 0 bridgehead atoms. The zero-order valence-electron chi connectivity index (χ0n) is 10.4. The topological polar surface area (TPSA) is 38.5 Å². The van der Waals surface area contributed by atoms with Crippen LogP contribution in [0.5, 0.6) is 5.75 Å². The van der Waals surface area contributed by atoms with Gasteiger partial charge in [-0.05, 0) is 52.3 Å². The second-order valence-electron chi connectivity index (χ2n) is 3.97. The van der Waals surface area contributed by atoms with E-state index in [2.05, 4.69) is 20.8 Å². The van der Waals surface area contributed by atoms with Gasteiger partial charge in [-0.15, -0.1) is 0 Å². The van der Waals surface area contributed by atoms with E-state index in [4.69, 9.17) is 10.5 Å². The minimum Gasteiger partial charge on any atom is -0.496 e. The van der Waals surface area contributed by atoms with Crippen LogP contribution in [0.25, 0.3) is 0 Å². The normalized spacial score (nSPS) is 10.2. The SMILES string of the molecule is COc1ccc(N(C)c2cccc(N)c2)cc1Br. The quantitative estimate of drug-likeness (QED) is 0.876. The molecule has 94 valence electrons. The third-order valence-electron chi connectivity index (χ3n) is 2.78. The highest BCUT2D eigenvalue weighted by atomic mass is 79.9. The van der Waals surface area contributed by atoms with Gasteiger partial charge in [-0.2, -0.15) is 0 Å². The fourth-order valence-electron chi connectivity index (χ4n) is 1.75. The van der Waals surface area contributed by atoms with Gasteiger partial charge in [-0.3, -0.25) is 0 Å². The molecule has 0 aromatic heterocycles. The third-order valence-corrected chi connectivity index (χ3v) is 3.40. The standard InChI is InChI=1S/C14H15BrN2O/c1-17(11-5-3-4-10(16)8-11)12-6-7-14(18-2)13(15)9-12/h3-9H,16H2,1-2H3. The lowest BCUT2D eigenvalue weighted by Gasteiger charge is -2.20. The molecule has 18 heavy (non-hydrogen) atoms. The Morgan fingerprint density at radius 1 is 1.11 bits per heavy atom. The van der Waals surface area contributed by atoms with Gasteiger partial charge in [0.1, 0.15) is 5.75 Å². The number of nitrogen functional groups attached to an aromatic ring is 1. The molecule has 0 radical (unpaired) electrons. The summed E-state index contributed by atoms with van der Waals surface area (Å²) in [5, 5.41) is 0. The average Bonchev–Trinajstić information content (AvgIpc) is 2.37. The molecule has 4 heteroatoms. The third kappa shape index (κ3) is 2.59. The van der Waals surface area contributed by atoms with Crippen molar-refractivity contribution >= 4 is 33.0 Å². The lowest BCUT2D eigenvalue weighted by molar-refractivity contribution is 0.412. The van der Waals surface area contributed by atoms with Crippen molar-refractivity contribution < 1.29 is 4.74 Å². The lowest BCUT2D eigenvalue weighted by Crippen LogP contribution is -2.09. The van der Waals surface area contributed by atoms with Crippen LogP contribution < -0.4 is 15.4 Å². The van der Waals surface area contributed by atoms with E-state index in [-0.39, 0.29) is 0 Å². The lowest BCUT2D eigenvalue weighted by atomic mass is 10.2. The van der Waals surface area contributed by atoms with E-state index in [0.717, 1.165) is 27.3 Å². The van der Waals surface area contributed by atoms with Crippen LogP contribution in [0.4, 0.5) is 17.1 Å². The Hall–Kier alpha value is -1.68. The number of hydrogen-bond donors (Lipinski definition) is 1. The second kappa shape index (κ2) is 5.31. The Morgan fingerprint density at radius 2 is 1.83 bits per heavy atom. The summed E-state index contributed by atoms with van der Waals surface area (Å²) >= 11 is 3.49.